The molecule has 2 aromatic rings. The maximum Gasteiger partial charge on any atom is 0.243 e. The van der Waals surface area contributed by atoms with Crippen molar-refractivity contribution in [1.29, 1.82) is 0 Å². The highest BCUT2D eigenvalue weighted by atomic mass is 32.2. The molecular weight excluding hydrogens is 332 g/mol. The van der Waals surface area contributed by atoms with Gasteiger partial charge in [0.1, 0.15) is 0 Å². The smallest absolute Gasteiger partial charge is 0.243 e. The van der Waals surface area contributed by atoms with Gasteiger partial charge in [-0.1, -0.05) is 36.4 Å². The summed E-state index contributed by atoms with van der Waals surface area (Å²) < 4.78 is 27.3. The van der Waals surface area contributed by atoms with E-state index < -0.39 is 10.0 Å². The zero-order chi connectivity index (χ0) is 17.4. The molecule has 1 fully saturated rings. The van der Waals surface area contributed by atoms with Gasteiger partial charge in [-0.15, -0.1) is 0 Å². The molecular formula is C20H24N2O2S. The molecule has 0 N–H and O–H groups in total. The summed E-state index contributed by atoms with van der Waals surface area (Å²) in [6.45, 7) is 3.22. The largest absolute Gasteiger partial charge is 0.306 e. The van der Waals surface area contributed by atoms with Gasteiger partial charge in [-0.05, 0) is 67.7 Å². The molecule has 0 saturated carbocycles. The van der Waals surface area contributed by atoms with Crippen molar-refractivity contribution < 1.29 is 8.42 Å². The minimum absolute atomic E-state index is 0.373. The standard InChI is InChI=1S/C20H24N2O2S/c1-21-11-9-16(10-12-21)17-7-8-18-14-22(15-19(18)13-17)25(23,24)20-5-3-2-4-6-20/h2-8,13,16H,9-12,14-15H2,1H3. The lowest BCUT2D eigenvalue weighted by molar-refractivity contribution is 0.255. The summed E-state index contributed by atoms with van der Waals surface area (Å²) in [6, 6.07) is 15.3. The Hall–Kier alpha value is -1.69. The van der Waals surface area contributed by atoms with Gasteiger partial charge in [0.2, 0.25) is 10.0 Å². The molecule has 2 aromatic carbocycles. The lowest BCUT2D eigenvalue weighted by Crippen LogP contribution is -2.29. The average molecular weight is 356 g/mol. The van der Waals surface area contributed by atoms with E-state index in [4.69, 9.17) is 0 Å². The van der Waals surface area contributed by atoms with Crippen LogP contribution in [0.1, 0.15) is 35.4 Å². The van der Waals surface area contributed by atoms with E-state index in [2.05, 4.69) is 30.1 Å². The molecule has 2 heterocycles. The van der Waals surface area contributed by atoms with Gasteiger partial charge in [0.05, 0.1) is 4.90 Å². The van der Waals surface area contributed by atoms with Crippen molar-refractivity contribution >= 4 is 10.0 Å². The van der Waals surface area contributed by atoms with Gasteiger partial charge in [-0.2, -0.15) is 4.31 Å². The van der Waals surface area contributed by atoms with Crippen LogP contribution in [0.2, 0.25) is 0 Å². The number of fused-ring (bicyclic) bond motifs is 1. The highest BCUT2D eigenvalue weighted by Crippen LogP contribution is 2.33. The maximum absolute atomic E-state index is 12.8. The lowest BCUT2D eigenvalue weighted by Gasteiger charge is -2.29. The van der Waals surface area contributed by atoms with E-state index in [9.17, 15) is 8.42 Å². The molecule has 5 heteroatoms. The van der Waals surface area contributed by atoms with Gasteiger partial charge in [0.15, 0.2) is 0 Å². The highest BCUT2D eigenvalue weighted by Gasteiger charge is 2.31. The van der Waals surface area contributed by atoms with Gasteiger partial charge in [-0.25, -0.2) is 8.42 Å². The highest BCUT2D eigenvalue weighted by molar-refractivity contribution is 7.89. The second-order valence-electron chi connectivity index (χ2n) is 7.19. The Bertz CT molecular complexity index is 857. The second-order valence-corrected chi connectivity index (χ2v) is 9.13. The van der Waals surface area contributed by atoms with Crippen LogP contribution in [-0.2, 0) is 23.1 Å². The van der Waals surface area contributed by atoms with E-state index in [1.807, 2.05) is 6.07 Å². The molecule has 132 valence electrons. The van der Waals surface area contributed by atoms with E-state index in [0.29, 0.717) is 23.9 Å². The van der Waals surface area contributed by atoms with Crippen molar-refractivity contribution in [3.05, 3.63) is 65.2 Å². The van der Waals surface area contributed by atoms with Crippen LogP contribution in [0.25, 0.3) is 0 Å². The molecule has 0 bridgehead atoms. The number of hydrogen-bond acceptors (Lipinski definition) is 3. The molecule has 0 unspecified atom stereocenters. The predicted octanol–water partition coefficient (Wildman–Crippen LogP) is 3.20. The van der Waals surface area contributed by atoms with Gasteiger partial charge in [0.25, 0.3) is 0 Å². The summed E-state index contributed by atoms with van der Waals surface area (Å²) in [6.07, 6.45) is 2.36. The maximum atomic E-state index is 12.8. The second kappa shape index (κ2) is 6.56. The number of likely N-dealkylation sites (tertiary alicyclic amines) is 1. The summed E-state index contributed by atoms with van der Waals surface area (Å²) in [5, 5.41) is 0. The monoisotopic (exact) mass is 356 g/mol. The number of piperidine rings is 1. The van der Waals surface area contributed by atoms with Gasteiger partial charge in [-0.3, -0.25) is 0 Å². The van der Waals surface area contributed by atoms with Gasteiger partial charge >= 0.3 is 0 Å². The minimum Gasteiger partial charge on any atom is -0.306 e. The topological polar surface area (TPSA) is 40.6 Å². The Balaban J connectivity index is 1.55. The van der Waals surface area contributed by atoms with Crippen molar-refractivity contribution in [1.82, 2.24) is 9.21 Å². The number of nitrogens with zero attached hydrogens (tertiary/aromatic N) is 2. The Morgan fingerprint density at radius 2 is 1.60 bits per heavy atom. The van der Waals surface area contributed by atoms with E-state index >= 15 is 0 Å². The Morgan fingerprint density at radius 1 is 0.920 bits per heavy atom. The van der Waals surface area contributed by atoms with Crippen molar-refractivity contribution in [2.75, 3.05) is 20.1 Å². The molecule has 0 aromatic heterocycles. The molecule has 2 aliphatic heterocycles. The SMILES string of the molecule is CN1CCC(c2ccc3c(c2)CN(S(=O)(=O)c2ccccc2)C3)CC1. The summed E-state index contributed by atoms with van der Waals surface area (Å²) in [5.74, 6) is 0.598. The summed E-state index contributed by atoms with van der Waals surface area (Å²) >= 11 is 0. The lowest BCUT2D eigenvalue weighted by atomic mass is 9.88. The third kappa shape index (κ3) is 3.24. The van der Waals surface area contributed by atoms with E-state index in [0.717, 1.165) is 24.2 Å². The molecule has 0 radical (unpaired) electrons. The fourth-order valence-corrected chi connectivity index (χ4v) is 5.31. The first-order valence-corrected chi connectivity index (χ1v) is 10.3. The van der Waals surface area contributed by atoms with Crippen molar-refractivity contribution in [3.63, 3.8) is 0 Å². The van der Waals surface area contributed by atoms with Crippen LogP contribution < -0.4 is 0 Å². The molecule has 4 nitrogen and oxygen atoms in total. The van der Waals surface area contributed by atoms with Crippen LogP contribution in [0.3, 0.4) is 0 Å². The first kappa shape index (κ1) is 16.8. The fraction of sp³-hybridized carbons (Fsp3) is 0.400. The van der Waals surface area contributed by atoms with Crippen LogP contribution in [0.5, 0.6) is 0 Å². The zero-order valence-corrected chi connectivity index (χ0v) is 15.4. The van der Waals surface area contributed by atoms with Gasteiger partial charge < -0.3 is 4.90 Å². The molecule has 1 saturated heterocycles. The fourth-order valence-electron chi connectivity index (χ4n) is 3.89. The first-order valence-electron chi connectivity index (χ1n) is 8.89. The normalized spacial score (nSPS) is 19.9. The molecule has 0 spiro atoms. The summed E-state index contributed by atoms with van der Waals surface area (Å²) in [5.41, 5.74) is 3.66. The molecule has 4 rings (SSSR count). The number of hydrogen-bond donors (Lipinski definition) is 0. The van der Waals surface area contributed by atoms with Crippen molar-refractivity contribution in [2.24, 2.45) is 0 Å². The quantitative estimate of drug-likeness (QED) is 0.848. The molecule has 2 aliphatic rings. The van der Waals surface area contributed by atoms with E-state index in [-0.39, 0.29) is 0 Å². The van der Waals surface area contributed by atoms with Crippen molar-refractivity contribution in [3.8, 4) is 0 Å². The first-order chi connectivity index (χ1) is 12.0. The third-order valence-electron chi connectivity index (χ3n) is 5.49. The predicted molar refractivity (Wildman–Crippen MR) is 98.8 cm³/mol. The Labute approximate surface area is 150 Å². The number of rotatable bonds is 3. The third-order valence-corrected chi connectivity index (χ3v) is 7.30. The number of sulfonamides is 1. The Morgan fingerprint density at radius 3 is 2.32 bits per heavy atom. The average Bonchev–Trinajstić information content (AvgIpc) is 3.07. The Kier molecular flexibility index (Phi) is 4.40. The molecule has 0 aliphatic carbocycles. The number of benzene rings is 2. The van der Waals surface area contributed by atoms with Crippen LogP contribution in [0.15, 0.2) is 53.4 Å². The van der Waals surface area contributed by atoms with E-state index in [1.165, 1.54) is 18.4 Å². The van der Waals surface area contributed by atoms with Crippen LogP contribution in [-0.4, -0.2) is 37.8 Å². The molecule has 25 heavy (non-hydrogen) atoms. The zero-order valence-electron chi connectivity index (χ0n) is 14.6. The molecule has 0 atom stereocenters. The van der Waals surface area contributed by atoms with Crippen molar-refractivity contribution in [2.45, 2.75) is 36.7 Å². The van der Waals surface area contributed by atoms with Crippen LogP contribution >= 0.6 is 0 Å². The van der Waals surface area contributed by atoms with Crippen LogP contribution in [0, 0.1) is 0 Å². The minimum atomic E-state index is -3.42. The summed E-state index contributed by atoms with van der Waals surface area (Å²) in [7, 11) is -1.25. The summed E-state index contributed by atoms with van der Waals surface area (Å²) in [4.78, 5) is 2.75. The van der Waals surface area contributed by atoms with E-state index in [1.54, 1.807) is 28.6 Å². The van der Waals surface area contributed by atoms with Crippen LogP contribution in [0.4, 0.5) is 0 Å². The van der Waals surface area contributed by atoms with Gasteiger partial charge in [0, 0.05) is 13.1 Å². The molecule has 0 amide bonds.